The van der Waals surface area contributed by atoms with Crippen LogP contribution >= 0.6 is 0 Å². The van der Waals surface area contributed by atoms with Crippen molar-refractivity contribution in [3.63, 3.8) is 0 Å². The van der Waals surface area contributed by atoms with Crippen LogP contribution in [0.5, 0.6) is 0 Å². The number of piperazine rings is 1. The molecule has 2 aliphatic heterocycles. The molecule has 1 fully saturated rings. The zero-order valence-corrected chi connectivity index (χ0v) is 26.6. The van der Waals surface area contributed by atoms with E-state index in [1.54, 1.807) is 0 Å². The van der Waals surface area contributed by atoms with E-state index < -0.39 is 29.1 Å². The third-order valence-corrected chi connectivity index (χ3v) is 9.07. The van der Waals surface area contributed by atoms with Crippen LogP contribution in [0.15, 0.2) is 71.8 Å². The Kier molecular flexibility index (Phi) is 10.3. The van der Waals surface area contributed by atoms with E-state index in [9.17, 15) is 27.6 Å². The second kappa shape index (κ2) is 14.4. The fourth-order valence-electron chi connectivity index (χ4n) is 6.36. The fraction of sp³-hybridized carbons (Fsp3) is 0.389. The molecule has 0 aromatic heterocycles. The van der Waals surface area contributed by atoms with Crippen molar-refractivity contribution in [2.45, 2.75) is 58.2 Å². The van der Waals surface area contributed by atoms with Crippen LogP contribution in [0.25, 0.3) is 10.8 Å². The summed E-state index contributed by atoms with van der Waals surface area (Å²) in [7, 11) is 0. The summed E-state index contributed by atoms with van der Waals surface area (Å²) < 4.78 is 40.3. The van der Waals surface area contributed by atoms with Crippen LogP contribution in [0.4, 0.5) is 23.7 Å². The van der Waals surface area contributed by atoms with Gasteiger partial charge in [0.1, 0.15) is 0 Å². The van der Waals surface area contributed by atoms with Gasteiger partial charge in [-0.15, -0.1) is 0 Å². The van der Waals surface area contributed by atoms with Crippen LogP contribution in [0.2, 0.25) is 0 Å². The summed E-state index contributed by atoms with van der Waals surface area (Å²) in [6, 6.07) is 18.5. The highest BCUT2D eigenvalue weighted by molar-refractivity contribution is 6.32. The van der Waals surface area contributed by atoms with E-state index >= 15 is 0 Å². The third kappa shape index (κ3) is 7.49. The summed E-state index contributed by atoms with van der Waals surface area (Å²) in [6.45, 7) is 7.31. The molecule has 3 aromatic rings. The van der Waals surface area contributed by atoms with Gasteiger partial charge in [-0.1, -0.05) is 55.3 Å². The first-order valence-electron chi connectivity index (χ1n) is 15.9. The van der Waals surface area contributed by atoms with E-state index in [4.69, 9.17) is 5.26 Å². The number of halogens is 3. The number of amides is 4. The van der Waals surface area contributed by atoms with Gasteiger partial charge in [0, 0.05) is 37.3 Å². The second-order valence-electron chi connectivity index (χ2n) is 12.1. The number of hydrogen-bond donors (Lipinski definition) is 1. The summed E-state index contributed by atoms with van der Waals surface area (Å²) in [4.78, 5) is 43.9. The standard InChI is InChI=1S/C36H38F3N5O3/c1-24-29(34(46)44(33(24)45)28-16-15-27(23-40)32(22-28)36(37,38)39)12-5-3-4-8-17-42-18-20-43(21-19-42)35(47)41-25(2)30-14-9-11-26-10-6-7-13-31(26)30/h6-7,9-11,13-16,22,25H,3-5,8,12,17-21H2,1-2H3,(H,41,47). The number of alkyl halides is 3. The van der Waals surface area contributed by atoms with E-state index in [-0.39, 0.29) is 23.3 Å². The van der Waals surface area contributed by atoms with E-state index in [2.05, 4.69) is 34.5 Å². The van der Waals surface area contributed by atoms with E-state index in [0.717, 1.165) is 66.2 Å². The maximum absolute atomic E-state index is 13.4. The molecule has 3 aromatic carbocycles. The Hall–Kier alpha value is -4.69. The molecule has 0 spiro atoms. The zero-order chi connectivity index (χ0) is 33.7. The van der Waals surface area contributed by atoms with Gasteiger partial charge < -0.3 is 10.2 Å². The van der Waals surface area contributed by atoms with Crippen molar-refractivity contribution in [3.8, 4) is 6.07 Å². The molecule has 4 amide bonds. The number of benzene rings is 3. The van der Waals surface area contributed by atoms with Crippen LogP contribution in [0.3, 0.4) is 0 Å². The molecular weight excluding hydrogens is 607 g/mol. The number of carbonyl (C=O) groups is 3. The van der Waals surface area contributed by atoms with Gasteiger partial charge in [0.15, 0.2) is 0 Å². The number of unbranched alkanes of at least 4 members (excludes halogenated alkanes) is 3. The molecule has 1 N–H and O–H groups in total. The molecule has 2 aliphatic rings. The molecule has 2 heterocycles. The highest BCUT2D eigenvalue weighted by Crippen LogP contribution is 2.37. The Morgan fingerprint density at radius 3 is 2.36 bits per heavy atom. The van der Waals surface area contributed by atoms with Gasteiger partial charge in [0.2, 0.25) is 0 Å². The maximum atomic E-state index is 13.4. The molecule has 0 bridgehead atoms. The number of carbonyl (C=O) groups excluding carboxylic acids is 3. The summed E-state index contributed by atoms with van der Waals surface area (Å²) >= 11 is 0. The quantitative estimate of drug-likeness (QED) is 0.190. The van der Waals surface area contributed by atoms with Crippen molar-refractivity contribution in [3.05, 3.63) is 88.5 Å². The molecule has 0 aliphatic carbocycles. The molecule has 0 radical (unpaired) electrons. The number of fused-ring (bicyclic) bond motifs is 1. The summed E-state index contributed by atoms with van der Waals surface area (Å²) in [6.07, 6.45) is -1.05. The summed E-state index contributed by atoms with van der Waals surface area (Å²) in [5.41, 5.74) is -0.301. The molecule has 246 valence electrons. The number of urea groups is 1. The minimum atomic E-state index is -4.79. The Balaban J connectivity index is 1.02. The lowest BCUT2D eigenvalue weighted by atomic mass is 10.00. The van der Waals surface area contributed by atoms with E-state index in [0.29, 0.717) is 37.6 Å². The minimum Gasteiger partial charge on any atom is -0.331 e. The van der Waals surface area contributed by atoms with Crippen LogP contribution in [0, 0.1) is 11.3 Å². The Labute approximate surface area is 272 Å². The van der Waals surface area contributed by atoms with Gasteiger partial charge in [0.25, 0.3) is 11.8 Å². The number of hydrogen-bond acceptors (Lipinski definition) is 5. The number of nitrogens with zero attached hydrogens (tertiary/aromatic N) is 4. The Morgan fingerprint density at radius 1 is 0.936 bits per heavy atom. The molecule has 5 rings (SSSR count). The first-order valence-corrected chi connectivity index (χ1v) is 15.9. The lowest BCUT2D eigenvalue weighted by Gasteiger charge is -2.35. The third-order valence-electron chi connectivity index (χ3n) is 9.07. The molecule has 8 nitrogen and oxygen atoms in total. The number of nitrogens with one attached hydrogen (secondary N) is 1. The van der Waals surface area contributed by atoms with Crippen LogP contribution in [0.1, 0.15) is 68.7 Å². The van der Waals surface area contributed by atoms with Gasteiger partial charge in [-0.25, -0.2) is 9.69 Å². The number of nitriles is 1. The van der Waals surface area contributed by atoms with Gasteiger partial charge in [-0.05, 0) is 74.2 Å². The summed E-state index contributed by atoms with van der Waals surface area (Å²) in [5, 5.41) is 14.5. The smallest absolute Gasteiger partial charge is 0.331 e. The SMILES string of the molecule is CC1=C(CCCCCCN2CCN(C(=O)NC(C)c3cccc4ccccc34)CC2)C(=O)N(c2ccc(C#N)c(C(F)(F)F)c2)C1=O. The zero-order valence-electron chi connectivity index (χ0n) is 26.6. The van der Waals surface area contributed by atoms with Crippen LogP contribution < -0.4 is 10.2 Å². The molecule has 11 heteroatoms. The molecular formula is C36H38F3N5O3. The topological polar surface area (TPSA) is 96.8 Å². The van der Waals surface area contributed by atoms with Gasteiger partial charge >= 0.3 is 12.2 Å². The van der Waals surface area contributed by atoms with Crippen molar-refractivity contribution in [2.75, 3.05) is 37.6 Å². The first-order chi connectivity index (χ1) is 22.5. The van der Waals surface area contributed by atoms with Crippen LogP contribution in [-0.4, -0.2) is 60.4 Å². The highest BCUT2D eigenvalue weighted by atomic mass is 19.4. The average molecular weight is 646 g/mol. The molecule has 1 unspecified atom stereocenters. The molecule has 47 heavy (non-hydrogen) atoms. The molecule has 1 atom stereocenters. The van der Waals surface area contributed by atoms with Gasteiger partial charge in [-0.3, -0.25) is 14.5 Å². The van der Waals surface area contributed by atoms with Gasteiger partial charge in [0.05, 0.1) is 28.9 Å². The van der Waals surface area contributed by atoms with Crippen LogP contribution in [-0.2, 0) is 15.8 Å². The molecule has 1 saturated heterocycles. The van der Waals surface area contributed by atoms with Crippen molar-refractivity contribution in [1.82, 2.24) is 15.1 Å². The van der Waals surface area contributed by atoms with E-state index in [1.165, 1.54) is 19.1 Å². The van der Waals surface area contributed by atoms with Crippen molar-refractivity contribution < 1.29 is 27.6 Å². The van der Waals surface area contributed by atoms with Crippen molar-refractivity contribution >= 4 is 34.3 Å². The first kappa shape index (κ1) is 33.7. The maximum Gasteiger partial charge on any atom is 0.417 e. The lowest BCUT2D eigenvalue weighted by Crippen LogP contribution is -2.52. The largest absolute Gasteiger partial charge is 0.417 e. The predicted octanol–water partition coefficient (Wildman–Crippen LogP) is 6.96. The second-order valence-corrected chi connectivity index (χ2v) is 12.1. The predicted molar refractivity (Wildman–Crippen MR) is 173 cm³/mol. The fourth-order valence-corrected chi connectivity index (χ4v) is 6.36. The Bertz CT molecular complexity index is 1730. The van der Waals surface area contributed by atoms with Gasteiger partial charge in [-0.2, -0.15) is 18.4 Å². The van der Waals surface area contributed by atoms with Crippen molar-refractivity contribution in [2.24, 2.45) is 0 Å². The highest BCUT2D eigenvalue weighted by Gasteiger charge is 2.39. The monoisotopic (exact) mass is 645 g/mol. The summed E-state index contributed by atoms with van der Waals surface area (Å²) in [5.74, 6) is -1.25. The number of anilines is 1. The molecule has 0 saturated carbocycles. The minimum absolute atomic E-state index is 0.0619. The lowest BCUT2D eigenvalue weighted by molar-refractivity contribution is -0.138. The van der Waals surface area contributed by atoms with E-state index in [1.807, 2.05) is 30.0 Å². The van der Waals surface area contributed by atoms with Crippen molar-refractivity contribution in [1.29, 1.82) is 5.26 Å². The normalized spacial score (nSPS) is 16.6. The number of rotatable bonds is 10. The average Bonchev–Trinajstić information content (AvgIpc) is 3.28. The Morgan fingerprint density at radius 2 is 1.64 bits per heavy atom. The number of imide groups is 1.